The molecule has 4 aromatic rings. The second kappa shape index (κ2) is 7.08. The summed E-state index contributed by atoms with van der Waals surface area (Å²) >= 11 is 1.64. The first-order chi connectivity index (χ1) is 13.0. The van der Waals surface area contributed by atoms with Crippen LogP contribution in [0.5, 0.6) is 0 Å². The van der Waals surface area contributed by atoms with Gasteiger partial charge in [0.05, 0.1) is 28.7 Å². The molecule has 2 heterocycles. The van der Waals surface area contributed by atoms with Crippen molar-refractivity contribution in [2.24, 2.45) is 0 Å². The van der Waals surface area contributed by atoms with E-state index in [0.717, 1.165) is 42.9 Å². The molecule has 27 heavy (non-hydrogen) atoms. The van der Waals surface area contributed by atoms with Crippen LogP contribution in [0.2, 0.25) is 0 Å². The third-order valence-corrected chi connectivity index (χ3v) is 5.97. The number of aryl methyl sites for hydroxylation is 2. The average Bonchev–Trinajstić information content (AvgIpc) is 3.07. The zero-order chi connectivity index (χ0) is 19.0. The van der Waals surface area contributed by atoms with Crippen LogP contribution in [-0.4, -0.2) is 27.8 Å². The maximum Gasteiger partial charge on any atom is 0.227 e. The van der Waals surface area contributed by atoms with E-state index in [0.29, 0.717) is 13.0 Å². The molecule has 0 aliphatic heterocycles. The lowest BCUT2D eigenvalue weighted by Crippen LogP contribution is -2.28. The predicted molar refractivity (Wildman–Crippen MR) is 111 cm³/mol. The Morgan fingerprint density at radius 3 is 2.48 bits per heavy atom. The molecular weight excluding hydrogens is 354 g/mol. The van der Waals surface area contributed by atoms with Gasteiger partial charge in [-0.2, -0.15) is 0 Å². The Bertz CT molecular complexity index is 1120. The SMILES string of the molecule is Cc1nc2ccccc2c(C)c1CC(=O)N(C)Cc1nc2ccccc2s1. The van der Waals surface area contributed by atoms with Crippen LogP contribution in [0, 0.1) is 13.8 Å². The molecule has 0 aliphatic carbocycles. The van der Waals surface area contributed by atoms with Crippen molar-refractivity contribution >= 4 is 38.4 Å². The molecule has 0 saturated heterocycles. The highest BCUT2D eigenvalue weighted by Gasteiger charge is 2.17. The molecule has 0 atom stereocenters. The molecule has 2 aromatic carbocycles. The number of carbonyl (C=O) groups excluding carboxylic acids is 1. The van der Waals surface area contributed by atoms with Crippen LogP contribution in [-0.2, 0) is 17.8 Å². The number of rotatable bonds is 4. The minimum Gasteiger partial charge on any atom is -0.339 e. The van der Waals surface area contributed by atoms with Crippen LogP contribution in [0.4, 0.5) is 0 Å². The first kappa shape index (κ1) is 17.6. The maximum atomic E-state index is 12.8. The first-order valence-electron chi connectivity index (χ1n) is 8.96. The molecule has 2 aromatic heterocycles. The maximum absolute atomic E-state index is 12.8. The summed E-state index contributed by atoms with van der Waals surface area (Å²) in [5.41, 5.74) is 5.05. The van der Waals surface area contributed by atoms with Gasteiger partial charge in [0.25, 0.3) is 0 Å². The van der Waals surface area contributed by atoms with E-state index in [9.17, 15) is 4.79 Å². The van der Waals surface area contributed by atoms with Gasteiger partial charge < -0.3 is 4.90 Å². The monoisotopic (exact) mass is 375 g/mol. The van der Waals surface area contributed by atoms with E-state index >= 15 is 0 Å². The zero-order valence-electron chi connectivity index (χ0n) is 15.7. The first-order valence-corrected chi connectivity index (χ1v) is 9.78. The van der Waals surface area contributed by atoms with Gasteiger partial charge >= 0.3 is 0 Å². The summed E-state index contributed by atoms with van der Waals surface area (Å²) in [4.78, 5) is 23.9. The van der Waals surface area contributed by atoms with Crippen molar-refractivity contribution in [2.45, 2.75) is 26.8 Å². The van der Waals surface area contributed by atoms with Crippen molar-refractivity contribution in [2.75, 3.05) is 7.05 Å². The summed E-state index contributed by atoms with van der Waals surface area (Å²) in [6.45, 7) is 4.58. The largest absolute Gasteiger partial charge is 0.339 e. The van der Waals surface area contributed by atoms with Crippen LogP contribution in [0.25, 0.3) is 21.1 Å². The smallest absolute Gasteiger partial charge is 0.227 e. The van der Waals surface area contributed by atoms with Crippen LogP contribution in [0.3, 0.4) is 0 Å². The summed E-state index contributed by atoms with van der Waals surface area (Å²) in [5.74, 6) is 0.0811. The lowest BCUT2D eigenvalue weighted by Gasteiger charge is -2.18. The van der Waals surface area contributed by atoms with Gasteiger partial charge in [0.1, 0.15) is 5.01 Å². The lowest BCUT2D eigenvalue weighted by atomic mass is 9.99. The number of nitrogens with zero attached hydrogens (tertiary/aromatic N) is 3. The van der Waals surface area contributed by atoms with Crippen LogP contribution < -0.4 is 0 Å². The van der Waals surface area contributed by atoms with E-state index in [-0.39, 0.29) is 5.91 Å². The summed E-state index contributed by atoms with van der Waals surface area (Å²) in [6, 6.07) is 16.1. The van der Waals surface area contributed by atoms with Gasteiger partial charge in [0, 0.05) is 18.1 Å². The van der Waals surface area contributed by atoms with Gasteiger partial charge in [-0.25, -0.2) is 4.98 Å². The number of carbonyl (C=O) groups is 1. The quantitative estimate of drug-likeness (QED) is 0.521. The minimum absolute atomic E-state index is 0.0811. The molecule has 0 aliphatic rings. The second-order valence-corrected chi connectivity index (χ2v) is 7.94. The fourth-order valence-electron chi connectivity index (χ4n) is 3.40. The van der Waals surface area contributed by atoms with Crippen molar-refractivity contribution in [1.29, 1.82) is 0 Å². The van der Waals surface area contributed by atoms with Gasteiger partial charge in [0.2, 0.25) is 5.91 Å². The number of fused-ring (bicyclic) bond motifs is 2. The van der Waals surface area contributed by atoms with Crippen molar-refractivity contribution in [3.63, 3.8) is 0 Å². The minimum atomic E-state index is 0.0811. The number of hydrogen-bond donors (Lipinski definition) is 0. The summed E-state index contributed by atoms with van der Waals surface area (Å²) in [6.07, 6.45) is 0.358. The molecule has 4 nitrogen and oxygen atoms in total. The van der Waals surface area contributed by atoms with Gasteiger partial charge in [-0.15, -0.1) is 11.3 Å². The Hall–Kier alpha value is -2.79. The number of hydrogen-bond acceptors (Lipinski definition) is 4. The van der Waals surface area contributed by atoms with E-state index in [2.05, 4.69) is 29.0 Å². The fourth-order valence-corrected chi connectivity index (χ4v) is 4.42. The Morgan fingerprint density at radius 1 is 1.00 bits per heavy atom. The van der Waals surface area contributed by atoms with E-state index in [1.165, 1.54) is 0 Å². The number of pyridine rings is 1. The highest BCUT2D eigenvalue weighted by Crippen LogP contribution is 2.25. The normalized spacial score (nSPS) is 11.2. The third kappa shape index (κ3) is 3.43. The molecule has 0 fully saturated rings. The second-order valence-electron chi connectivity index (χ2n) is 6.82. The molecule has 4 rings (SSSR count). The summed E-state index contributed by atoms with van der Waals surface area (Å²) in [5, 5.41) is 2.07. The fraction of sp³-hybridized carbons (Fsp3) is 0.227. The number of amides is 1. The van der Waals surface area contributed by atoms with E-state index in [1.54, 1.807) is 16.2 Å². The average molecular weight is 375 g/mol. The highest BCUT2D eigenvalue weighted by molar-refractivity contribution is 7.18. The van der Waals surface area contributed by atoms with Gasteiger partial charge in [0.15, 0.2) is 0 Å². The number of benzene rings is 2. The van der Waals surface area contributed by atoms with Gasteiger partial charge in [-0.3, -0.25) is 9.78 Å². The number of aromatic nitrogens is 2. The zero-order valence-corrected chi connectivity index (χ0v) is 16.5. The van der Waals surface area contributed by atoms with Gasteiger partial charge in [-0.05, 0) is 43.2 Å². The molecule has 0 N–H and O–H groups in total. The molecule has 0 radical (unpaired) electrons. The Balaban J connectivity index is 1.55. The standard InChI is InChI=1S/C22H21N3OS/c1-14-16-8-4-5-9-18(16)23-15(2)17(14)12-22(26)25(3)13-21-24-19-10-6-7-11-20(19)27-21/h4-11H,12-13H2,1-3H3. The van der Waals surface area contributed by atoms with Crippen molar-refractivity contribution in [3.05, 3.63) is 70.4 Å². The Morgan fingerprint density at radius 2 is 1.70 bits per heavy atom. The summed E-state index contributed by atoms with van der Waals surface area (Å²) < 4.78 is 1.15. The molecule has 5 heteroatoms. The summed E-state index contributed by atoms with van der Waals surface area (Å²) in [7, 11) is 1.84. The van der Waals surface area contributed by atoms with Crippen LogP contribution >= 0.6 is 11.3 Å². The van der Waals surface area contributed by atoms with Gasteiger partial charge in [-0.1, -0.05) is 30.3 Å². The Kier molecular flexibility index (Phi) is 4.62. The van der Waals surface area contributed by atoms with E-state index < -0.39 is 0 Å². The van der Waals surface area contributed by atoms with E-state index in [4.69, 9.17) is 0 Å². The number of para-hydroxylation sites is 2. The van der Waals surface area contributed by atoms with Crippen LogP contribution in [0.1, 0.15) is 21.8 Å². The molecule has 136 valence electrons. The molecular formula is C22H21N3OS. The molecule has 0 unspecified atom stereocenters. The van der Waals surface area contributed by atoms with Crippen molar-refractivity contribution in [1.82, 2.24) is 14.9 Å². The van der Waals surface area contributed by atoms with E-state index in [1.807, 2.05) is 50.4 Å². The highest BCUT2D eigenvalue weighted by atomic mass is 32.1. The molecule has 0 saturated carbocycles. The predicted octanol–water partition coefficient (Wildman–Crippen LogP) is 4.66. The number of likely N-dealkylation sites (N-methyl/N-ethyl adjacent to an activating group) is 1. The third-order valence-electron chi connectivity index (χ3n) is 4.95. The van der Waals surface area contributed by atoms with Crippen molar-refractivity contribution < 1.29 is 4.79 Å². The molecule has 1 amide bonds. The molecule has 0 bridgehead atoms. The Labute approximate surface area is 162 Å². The van der Waals surface area contributed by atoms with Crippen molar-refractivity contribution in [3.8, 4) is 0 Å². The number of thiazole rings is 1. The lowest BCUT2D eigenvalue weighted by molar-refractivity contribution is -0.129. The topological polar surface area (TPSA) is 46.1 Å². The van der Waals surface area contributed by atoms with Crippen LogP contribution in [0.15, 0.2) is 48.5 Å². The molecule has 0 spiro atoms.